The van der Waals surface area contributed by atoms with Crippen molar-refractivity contribution in [2.45, 2.75) is 49.5 Å². The van der Waals surface area contributed by atoms with Crippen LogP contribution in [0.4, 0.5) is 4.79 Å². The van der Waals surface area contributed by atoms with Crippen LogP contribution in [0.1, 0.15) is 33.6 Å². The van der Waals surface area contributed by atoms with E-state index in [0.29, 0.717) is 18.1 Å². The number of amides is 1. The van der Waals surface area contributed by atoms with E-state index in [4.69, 9.17) is 4.74 Å². The lowest BCUT2D eigenvalue weighted by Crippen LogP contribution is -2.45. The Morgan fingerprint density at radius 1 is 1.43 bits per heavy atom. The van der Waals surface area contributed by atoms with Crippen molar-refractivity contribution in [1.29, 1.82) is 0 Å². The average molecular weight is 311 g/mol. The molecular weight excluding hydrogens is 290 g/mol. The summed E-state index contributed by atoms with van der Waals surface area (Å²) in [7, 11) is -1.25. The fourth-order valence-corrected chi connectivity index (χ4v) is 3.53. The van der Waals surface area contributed by atoms with Crippen molar-refractivity contribution in [3.8, 4) is 0 Å². The summed E-state index contributed by atoms with van der Waals surface area (Å²) in [5, 5.41) is 0.344. The molecule has 2 atom stereocenters. The molecule has 1 saturated heterocycles. The minimum absolute atomic E-state index is 0.122. The molecular formula is C14H21N3O3S. The van der Waals surface area contributed by atoms with Crippen LogP contribution < -0.4 is 0 Å². The molecule has 1 aromatic heterocycles. The Bertz CT molecular complexity index is 516. The van der Waals surface area contributed by atoms with Gasteiger partial charge in [0.15, 0.2) is 0 Å². The highest BCUT2D eigenvalue weighted by Crippen LogP contribution is 2.20. The van der Waals surface area contributed by atoms with Gasteiger partial charge >= 0.3 is 6.09 Å². The quantitative estimate of drug-likeness (QED) is 0.835. The second-order valence-corrected chi connectivity index (χ2v) is 7.71. The topological polar surface area (TPSA) is 72.4 Å². The van der Waals surface area contributed by atoms with Gasteiger partial charge in [0.2, 0.25) is 0 Å². The van der Waals surface area contributed by atoms with Gasteiger partial charge in [-0.05, 0) is 33.6 Å². The first kappa shape index (κ1) is 15.9. The molecule has 1 fully saturated rings. The van der Waals surface area contributed by atoms with Gasteiger partial charge in [-0.3, -0.25) is 9.19 Å². The Morgan fingerprint density at radius 3 is 2.81 bits per heavy atom. The van der Waals surface area contributed by atoms with E-state index >= 15 is 0 Å². The standard InChI is InChI=1S/C14H21N3O3S/c1-14(2,3)20-13(18)17-8-4-5-11(10-17)21(19)12-9-15-6-7-16-12/h6-7,9,11H,4-5,8,10H2,1-3H3. The van der Waals surface area contributed by atoms with E-state index in [0.717, 1.165) is 12.8 Å². The molecule has 1 aliphatic heterocycles. The Kier molecular flexibility index (Phi) is 4.92. The summed E-state index contributed by atoms with van der Waals surface area (Å²) in [4.78, 5) is 21.8. The Morgan fingerprint density at radius 2 is 2.19 bits per heavy atom. The van der Waals surface area contributed by atoms with Gasteiger partial charge in [-0.25, -0.2) is 9.78 Å². The number of hydrogen-bond acceptors (Lipinski definition) is 5. The molecule has 7 heteroatoms. The van der Waals surface area contributed by atoms with Crippen LogP contribution in [0.2, 0.25) is 0 Å². The molecule has 2 unspecified atom stereocenters. The third-order valence-corrected chi connectivity index (χ3v) is 4.69. The molecule has 2 rings (SSSR count). The van der Waals surface area contributed by atoms with Gasteiger partial charge in [0.25, 0.3) is 0 Å². The lowest BCUT2D eigenvalue weighted by Gasteiger charge is -2.33. The number of ether oxygens (including phenoxy) is 1. The monoisotopic (exact) mass is 311 g/mol. The SMILES string of the molecule is CC(C)(C)OC(=O)N1CCCC(S(=O)c2cnccn2)C1. The van der Waals surface area contributed by atoms with E-state index < -0.39 is 16.4 Å². The lowest BCUT2D eigenvalue weighted by atomic mass is 10.1. The Labute approximate surface area is 127 Å². The number of carbonyl (C=O) groups is 1. The number of rotatable bonds is 2. The summed E-state index contributed by atoms with van der Waals surface area (Å²) in [5.41, 5.74) is -0.520. The second kappa shape index (κ2) is 6.51. The highest BCUT2D eigenvalue weighted by molar-refractivity contribution is 7.85. The molecule has 2 heterocycles. The van der Waals surface area contributed by atoms with Gasteiger partial charge < -0.3 is 9.64 Å². The normalized spacial score (nSPS) is 20.9. The highest BCUT2D eigenvalue weighted by Gasteiger charge is 2.31. The number of aromatic nitrogens is 2. The van der Waals surface area contributed by atoms with Gasteiger partial charge in [0.1, 0.15) is 10.6 Å². The van der Waals surface area contributed by atoms with Gasteiger partial charge in [0.05, 0.1) is 22.2 Å². The van der Waals surface area contributed by atoms with Crippen molar-refractivity contribution >= 4 is 16.9 Å². The zero-order valence-corrected chi connectivity index (χ0v) is 13.4. The van der Waals surface area contributed by atoms with E-state index in [-0.39, 0.29) is 11.3 Å². The van der Waals surface area contributed by atoms with Crippen LogP contribution >= 0.6 is 0 Å². The number of carbonyl (C=O) groups excluding carboxylic acids is 1. The van der Waals surface area contributed by atoms with E-state index in [2.05, 4.69) is 9.97 Å². The fraction of sp³-hybridized carbons (Fsp3) is 0.643. The zero-order valence-electron chi connectivity index (χ0n) is 12.6. The zero-order chi connectivity index (χ0) is 15.5. The maximum absolute atomic E-state index is 12.5. The largest absolute Gasteiger partial charge is 0.444 e. The number of likely N-dealkylation sites (tertiary alicyclic amines) is 1. The third kappa shape index (κ3) is 4.49. The lowest BCUT2D eigenvalue weighted by molar-refractivity contribution is 0.0219. The van der Waals surface area contributed by atoms with E-state index in [9.17, 15) is 9.00 Å². The maximum Gasteiger partial charge on any atom is 0.410 e. The number of hydrogen-bond donors (Lipinski definition) is 0. The molecule has 0 bridgehead atoms. The van der Waals surface area contributed by atoms with Crippen LogP contribution in [0.5, 0.6) is 0 Å². The van der Waals surface area contributed by atoms with Crippen LogP contribution in [0.25, 0.3) is 0 Å². The molecule has 1 aliphatic rings. The minimum Gasteiger partial charge on any atom is -0.444 e. The molecule has 0 N–H and O–H groups in total. The van der Waals surface area contributed by atoms with Crippen molar-refractivity contribution in [2.75, 3.05) is 13.1 Å². The Hall–Kier alpha value is -1.50. The van der Waals surface area contributed by atoms with Gasteiger partial charge in [-0.2, -0.15) is 0 Å². The van der Waals surface area contributed by atoms with Crippen LogP contribution in [-0.2, 0) is 15.5 Å². The van der Waals surface area contributed by atoms with Crippen LogP contribution in [-0.4, -0.2) is 49.1 Å². The van der Waals surface area contributed by atoms with Crippen LogP contribution in [0, 0.1) is 0 Å². The first-order valence-electron chi connectivity index (χ1n) is 7.01. The van der Waals surface area contributed by atoms with Crippen molar-refractivity contribution in [1.82, 2.24) is 14.9 Å². The van der Waals surface area contributed by atoms with Gasteiger partial charge in [-0.15, -0.1) is 0 Å². The molecule has 0 aliphatic carbocycles. The van der Waals surface area contributed by atoms with E-state index in [1.54, 1.807) is 11.1 Å². The average Bonchev–Trinajstić information content (AvgIpc) is 2.46. The number of nitrogens with zero attached hydrogens (tertiary/aromatic N) is 3. The van der Waals surface area contributed by atoms with Gasteiger partial charge in [-0.1, -0.05) is 0 Å². The first-order valence-corrected chi connectivity index (χ1v) is 8.22. The molecule has 1 amide bonds. The van der Waals surface area contributed by atoms with Gasteiger partial charge in [0, 0.05) is 25.5 Å². The predicted molar refractivity (Wildman–Crippen MR) is 79.3 cm³/mol. The second-order valence-electron chi connectivity index (χ2n) is 6.03. The smallest absolute Gasteiger partial charge is 0.410 e. The van der Waals surface area contributed by atoms with Crippen molar-refractivity contribution < 1.29 is 13.7 Å². The van der Waals surface area contributed by atoms with E-state index in [1.807, 2.05) is 20.8 Å². The molecule has 21 heavy (non-hydrogen) atoms. The summed E-state index contributed by atoms with van der Waals surface area (Å²) in [5.74, 6) is 0. The molecule has 0 radical (unpaired) electrons. The van der Waals surface area contributed by atoms with E-state index in [1.165, 1.54) is 12.4 Å². The summed E-state index contributed by atoms with van der Waals surface area (Å²) in [6.45, 7) is 6.58. The highest BCUT2D eigenvalue weighted by atomic mass is 32.2. The third-order valence-electron chi connectivity index (χ3n) is 3.08. The molecule has 0 spiro atoms. The maximum atomic E-state index is 12.5. The molecule has 6 nitrogen and oxygen atoms in total. The summed E-state index contributed by atoms with van der Waals surface area (Å²) >= 11 is 0. The first-order chi connectivity index (χ1) is 9.87. The predicted octanol–water partition coefficient (Wildman–Crippen LogP) is 1.98. The van der Waals surface area contributed by atoms with Crippen LogP contribution in [0.3, 0.4) is 0 Å². The summed E-state index contributed by atoms with van der Waals surface area (Å²) < 4.78 is 17.9. The van der Waals surface area contributed by atoms with Crippen molar-refractivity contribution in [2.24, 2.45) is 0 Å². The summed E-state index contributed by atoms with van der Waals surface area (Å²) in [6, 6.07) is 0. The molecule has 116 valence electrons. The summed E-state index contributed by atoms with van der Waals surface area (Å²) in [6.07, 6.45) is 5.88. The fourth-order valence-electron chi connectivity index (χ4n) is 2.17. The number of piperidine rings is 1. The minimum atomic E-state index is -1.25. The molecule has 0 aromatic carbocycles. The Balaban J connectivity index is 2.01. The van der Waals surface area contributed by atoms with Crippen molar-refractivity contribution in [3.05, 3.63) is 18.6 Å². The van der Waals surface area contributed by atoms with Crippen LogP contribution in [0.15, 0.2) is 23.6 Å². The molecule has 0 saturated carbocycles. The molecule has 1 aromatic rings. The van der Waals surface area contributed by atoms with Crippen molar-refractivity contribution in [3.63, 3.8) is 0 Å².